The Labute approximate surface area is 39.0 Å². The van der Waals surface area contributed by atoms with Gasteiger partial charge in [0.25, 0.3) is 0 Å². The van der Waals surface area contributed by atoms with E-state index in [2.05, 4.69) is 4.81 Å². The quantitative estimate of drug-likeness (QED) is 0.350. The van der Waals surface area contributed by atoms with Crippen molar-refractivity contribution in [2.24, 2.45) is 0 Å². The summed E-state index contributed by atoms with van der Waals surface area (Å²) in [5.41, 5.74) is 0. The fraction of sp³-hybridized carbons (Fsp3) is 0.667. The zero-order chi connectivity index (χ0) is 3.54. The van der Waals surface area contributed by atoms with E-state index in [0.717, 1.165) is 0 Å². The van der Waals surface area contributed by atoms with Crippen molar-refractivity contribution in [1.29, 1.82) is 0 Å². The van der Waals surface area contributed by atoms with Gasteiger partial charge in [0, 0.05) is 0 Å². The van der Waals surface area contributed by atoms with Crippen LogP contribution in [0.3, 0.4) is 0 Å². The van der Waals surface area contributed by atoms with Gasteiger partial charge in [-0.3, -0.25) is 0 Å². The molecule has 0 bridgehead atoms. The van der Waals surface area contributed by atoms with Gasteiger partial charge in [0.05, 0.1) is 0 Å². The van der Waals surface area contributed by atoms with Gasteiger partial charge in [-0.2, -0.15) is 0 Å². The summed E-state index contributed by atoms with van der Waals surface area (Å²) in [5, 5.41) is 0. The molecule has 0 fully saturated rings. The molecule has 5 heavy (non-hydrogen) atoms. The summed E-state index contributed by atoms with van der Waals surface area (Å²) in [6, 6.07) is 0. The van der Waals surface area contributed by atoms with Crippen LogP contribution in [0.15, 0.2) is 0 Å². The second kappa shape index (κ2) is 2.00. The predicted molar refractivity (Wildman–Crippen MR) is 28.2 cm³/mol. The topological polar surface area (TPSA) is 0 Å². The van der Waals surface area contributed by atoms with E-state index in [9.17, 15) is 0 Å². The van der Waals surface area contributed by atoms with E-state index in [0.29, 0.717) is 14.4 Å². The first-order valence-corrected chi connectivity index (χ1v) is 6.32. The van der Waals surface area contributed by atoms with Crippen molar-refractivity contribution >= 4 is 25.9 Å². The molecule has 0 atom stereocenters. The van der Waals surface area contributed by atoms with Gasteiger partial charge in [-0.25, -0.2) is 0 Å². The van der Waals surface area contributed by atoms with Crippen LogP contribution in [0, 0.1) is 0 Å². The average Bonchev–Trinajstić information content (AvgIpc) is 1.76. The minimum atomic E-state index is 0.701. The molecule has 27 valence electrons. The van der Waals surface area contributed by atoms with E-state index in [1.807, 2.05) is 0 Å². The minimum absolute atomic E-state index is 0.701. The number of hydrogen-bond acceptors (Lipinski definition) is 0. The summed E-state index contributed by atoms with van der Waals surface area (Å²) in [5.74, 6) is 0. The molecule has 0 N–H and O–H groups in total. The van der Waals surface area contributed by atoms with E-state index >= 15 is 0 Å². The Morgan fingerprint density at radius 2 is 2.80 bits per heavy atom. The third-order valence-corrected chi connectivity index (χ3v) is 5.16. The Hall–Kier alpha value is 0.728. The molecule has 0 nitrogen and oxygen atoms in total. The van der Waals surface area contributed by atoms with Gasteiger partial charge in [-0.05, 0) is 0 Å². The van der Waals surface area contributed by atoms with Gasteiger partial charge in [0.1, 0.15) is 0 Å². The zero-order valence-corrected chi connectivity index (χ0v) is 5.66. The standard InChI is InChI=1S/C3H5AsP/c1-2-4-5-3-1/h2H,1,3H2. The third-order valence-electron chi connectivity index (χ3n) is 0.521. The van der Waals surface area contributed by atoms with Gasteiger partial charge in [-0.1, -0.05) is 0 Å². The van der Waals surface area contributed by atoms with Gasteiger partial charge in [0.15, 0.2) is 0 Å². The molecule has 0 aromatic carbocycles. The van der Waals surface area contributed by atoms with Gasteiger partial charge >= 0.3 is 38.5 Å². The van der Waals surface area contributed by atoms with Crippen molar-refractivity contribution in [3.8, 4) is 0 Å². The van der Waals surface area contributed by atoms with Gasteiger partial charge < -0.3 is 0 Å². The van der Waals surface area contributed by atoms with Crippen LogP contribution in [0.25, 0.3) is 0 Å². The van der Waals surface area contributed by atoms with Gasteiger partial charge in [0.2, 0.25) is 0 Å². The van der Waals surface area contributed by atoms with Crippen molar-refractivity contribution < 1.29 is 0 Å². The Morgan fingerprint density at radius 3 is 3.00 bits per heavy atom. The summed E-state index contributed by atoms with van der Waals surface area (Å²) in [4.78, 5) is 2.44. The van der Waals surface area contributed by atoms with E-state index in [4.69, 9.17) is 0 Å². The first-order chi connectivity index (χ1) is 2.50. The van der Waals surface area contributed by atoms with Crippen LogP contribution in [-0.4, -0.2) is 25.3 Å². The first-order valence-electron chi connectivity index (χ1n) is 1.68. The Balaban J connectivity index is 2.64. The number of rotatable bonds is 0. The summed E-state index contributed by atoms with van der Waals surface area (Å²) in [7, 11) is 0. The molecule has 0 aromatic heterocycles. The van der Waals surface area contributed by atoms with Crippen LogP contribution in [-0.2, 0) is 0 Å². The fourth-order valence-electron chi connectivity index (χ4n) is 0.289. The van der Waals surface area contributed by atoms with Crippen LogP contribution < -0.4 is 0 Å². The van der Waals surface area contributed by atoms with E-state index in [1.54, 1.807) is 6.69 Å². The first kappa shape index (κ1) is 3.90. The summed E-state index contributed by atoms with van der Waals surface area (Å²) in [6.07, 6.45) is 2.86. The van der Waals surface area contributed by atoms with Crippen molar-refractivity contribution in [3.63, 3.8) is 0 Å². The van der Waals surface area contributed by atoms with Crippen LogP contribution >= 0.6 is 6.69 Å². The molecule has 1 aliphatic heterocycles. The zero-order valence-electron chi connectivity index (χ0n) is 2.89. The predicted octanol–water partition coefficient (Wildman–Crippen LogP) is 0.758. The molecule has 1 aliphatic rings. The molecule has 0 aliphatic carbocycles. The second-order valence-electron chi connectivity index (χ2n) is 0.952. The SMILES string of the molecule is C1=[As]=PCC1. The van der Waals surface area contributed by atoms with E-state index in [1.165, 1.54) is 12.6 Å². The van der Waals surface area contributed by atoms with E-state index in [-0.39, 0.29) is 0 Å². The monoisotopic (exact) mass is 147 g/mol. The van der Waals surface area contributed by atoms with Crippen molar-refractivity contribution in [2.45, 2.75) is 6.42 Å². The van der Waals surface area contributed by atoms with E-state index < -0.39 is 0 Å². The second-order valence-corrected chi connectivity index (χ2v) is 5.91. The molecule has 0 aromatic rings. The Kier molecular flexibility index (Phi) is 1.56. The fourth-order valence-corrected chi connectivity index (χ4v) is 4.50. The molecule has 0 unspecified atom stereocenters. The molecule has 1 heterocycles. The molecule has 0 amide bonds. The molecular weight excluding hydrogens is 142 g/mol. The van der Waals surface area contributed by atoms with Crippen LogP contribution in [0.1, 0.15) is 6.42 Å². The molecule has 1 rings (SSSR count). The average molecular weight is 147 g/mol. The Bertz CT molecular complexity index is 72.9. The van der Waals surface area contributed by atoms with Crippen molar-refractivity contribution in [2.75, 3.05) is 6.16 Å². The molecule has 0 spiro atoms. The maximum absolute atomic E-state index is 2.44. The maximum atomic E-state index is 2.44. The van der Waals surface area contributed by atoms with Crippen LogP contribution in [0.2, 0.25) is 0 Å². The molecule has 0 saturated carbocycles. The molecule has 0 saturated heterocycles. The molecule has 1 radical (unpaired) electrons. The number of hydrogen-bond donors (Lipinski definition) is 0. The normalized spacial score (nSPS) is 22.4. The van der Waals surface area contributed by atoms with Crippen LogP contribution in [0.4, 0.5) is 0 Å². The van der Waals surface area contributed by atoms with Crippen LogP contribution in [0.5, 0.6) is 0 Å². The Morgan fingerprint density at radius 1 is 1.80 bits per heavy atom. The molecular formula is C3H5AsP. The van der Waals surface area contributed by atoms with Gasteiger partial charge in [-0.15, -0.1) is 0 Å². The summed E-state index contributed by atoms with van der Waals surface area (Å²) in [6.45, 7) is 1.73. The third kappa shape index (κ3) is 1.07. The van der Waals surface area contributed by atoms with Crippen molar-refractivity contribution in [1.82, 2.24) is 0 Å². The molecule has 2 heteroatoms. The summed E-state index contributed by atoms with van der Waals surface area (Å²) >= 11 is 0.701. The summed E-state index contributed by atoms with van der Waals surface area (Å²) < 4.78 is 0. The van der Waals surface area contributed by atoms with Crippen molar-refractivity contribution in [3.05, 3.63) is 0 Å².